The lowest BCUT2D eigenvalue weighted by molar-refractivity contribution is 0.229. The molecule has 6 heteroatoms. The van der Waals surface area contributed by atoms with E-state index in [0.29, 0.717) is 18.2 Å². The van der Waals surface area contributed by atoms with E-state index in [1.54, 1.807) is 7.05 Å². The number of sulfonamides is 1. The van der Waals surface area contributed by atoms with Crippen molar-refractivity contribution < 1.29 is 8.42 Å². The highest BCUT2D eigenvalue weighted by Crippen LogP contribution is 2.30. The largest absolute Gasteiger partial charge is 0.314 e. The second-order valence-corrected chi connectivity index (χ2v) is 7.26. The van der Waals surface area contributed by atoms with Crippen LogP contribution in [0.4, 0.5) is 0 Å². The summed E-state index contributed by atoms with van der Waals surface area (Å²) in [6, 6.07) is 0. The predicted molar refractivity (Wildman–Crippen MR) is 68.5 cm³/mol. The Morgan fingerprint density at radius 3 is 2.53 bits per heavy atom. The van der Waals surface area contributed by atoms with Crippen molar-refractivity contribution in [1.29, 1.82) is 0 Å². The van der Waals surface area contributed by atoms with Crippen molar-refractivity contribution in [2.24, 2.45) is 5.92 Å². The number of hydrogen-bond donors (Lipinski definition) is 1. The van der Waals surface area contributed by atoms with Crippen LogP contribution in [0.25, 0.3) is 0 Å². The van der Waals surface area contributed by atoms with Gasteiger partial charge in [0, 0.05) is 46.3 Å². The fourth-order valence-electron chi connectivity index (χ4n) is 2.07. The van der Waals surface area contributed by atoms with Gasteiger partial charge in [-0.1, -0.05) is 0 Å². The third-order valence-electron chi connectivity index (χ3n) is 3.56. The SMILES string of the molecule is CN(CCN1CCNCC1)S(=O)(=O)CC1CC1. The maximum atomic E-state index is 11.9. The molecule has 1 saturated carbocycles. The summed E-state index contributed by atoms with van der Waals surface area (Å²) in [5.74, 6) is 0.784. The third kappa shape index (κ3) is 4.21. The van der Waals surface area contributed by atoms with Crippen LogP contribution in [0, 0.1) is 5.92 Å². The Morgan fingerprint density at radius 1 is 1.29 bits per heavy atom. The molecule has 100 valence electrons. The smallest absolute Gasteiger partial charge is 0.214 e. The van der Waals surface area contributed by atoms with Crippen LogP contribution in [0.1, 0.15) is 12.8 Å². The van der Waals surface area contributed by atoms with Crippen LogP contribution in [0.3, 0.4) is 0 Å². The van der Waals surface area contributed by atoms with Crippen molar-refractivity contribution in [2.45, 2.75) is 12.8 Å². The number of likely N-dealkylation sites (N-methyl/N-ethyl adjacent to an activating group) is 1. The van der Waals surface area contributed by atoms with Crippen molar-refractivity contribution >= 4 is 10.0 Å². The van der Waals surface area contributed by atoms with E-state index in [4.69, 9.17) is 0 Å². The van der Waals surface area contributed by atoms with Gasteiger partial charge in [0.2, 0.25) is 10.0 Å². The van der Waals surface area contributed by atoms with Gasteiger partial charge in [0.15, 0.2) is 0 Å². The van der Waals surface area contributed by atoms with Gasteiger partial charge in [-0.2, -0.15) is 0 Å². The molecule has 1 saturated heterocycles. The van der Waals surface area contributed by atoms with Gasteiger partial charge < -0.3 is 5.32 Å². The molecule has 0 aromatic rings. The molecule has 2 rings (SSSR count). The second kappa shape index (κ2) is 5.65. The molecule has 1 heterocycles. The molecule has 0 aromatic carbocycles. The van der Waals surface area contributed by atoms with Gasteiger partial charge in [0.05, 0.1) is 5.75 Å². The molecule has 1 aliphatic heterocycles. The Bertz CT molecular complexity index is 335. The molecular weight excluding hydrogens is 238 g/mol. The number of nitrogens with one attached hydrogen (secondary N) is 1. The normalized spacial score (nSPS) is 23.2. The highest BCUT2D eigenvalue weighted by Gasteiger charge is 2.30. The van der Waals surface area contributed by atoms with Crippen LogP contribution in [0.5, 0.6) is 0 Å². The minimum Gasteiger partial charge on any atom is -0.314 e. The Hall–Kier alpha value is -0.170. The average Bonchev–Trinajstić information content (AvgIpc) is 3.10. The van der Waals surface area contributed by atoms with E-state index < -0.39 is 10.0 Å². The lowest BCUT2D eigenvalue weighted by Crippen LogP contribution is -2.46. The predicted octanol–water partition coefficient (Wildman–Crippen LogP) is -0.437. The summed E-state index contributed by atoms with van der Waals surface area (Å²) in [6.07, 6.45) is 2.18. The van der Waals surface area contributed by atoms with E-state index in [0.717, 1.165) is 45.6 Å². The first kappa shape index (κ1) is 13.3. The van der Waals surface area contributed by atoms with E-state index >= 15 is 0 Å². The minimum atomic E-state index is -3.01. The van der Waals surface area contributed by atoms with Crippen molar-refractivity contribution in [3.63, 3.8) is 0 Å². The quantitative estimate of drug-likeness (QED) is 0.704. The number of nitrogens with zero attached hydrogens (tertiary/aromatic N) is 2. The Kier molecular flexibility index (Phi) is 4.41. The van der Waals surface area contributed by atoms with Crippen molar-refractivity contribution in [2.75, 3.05) is 52.1 Å². The van der Waals surface area contributed by atoms with Crippen molar-refractivity contribution in [3.05, 3.63) is 0 Å². The monoisotopic (exact) mass is 261 g/mol. The third-order valence-corrected chi connectivity index (χ3v) is 5.58. The summed E-state index contributed by atoms with van der Waals surface area (Å²) in [5, 5.41) is 3.29. The van der Waals surface area contributed by atoms with Gasteiger partial charge in [-0.05, 0) is 18.8 Å². The van der Waals surface area contributed by atoms with E-state index in [1.807, 2.05) is 0 Å². The van der Waals surface area contributed by atoms with E-state index in [2.05, 4.69) is 10.2 Å². The molecule has 0 aromatic heterocycles. The number of hydrogen-bond acceptors (Lipinski definition) is 4. The van der Waals surface area contributed by atoms with Crippen LogP contribution in [0.15, 0.2) is 0 Å². The molecule has 0 amide bonds. The van der Waals surface area contributed by atoms with E-state index in [-0.39, 0.29) is 0 Å². The van der Waals surface area contributed by atoms with Gasteiger partial charge in [0.1, 0.15) is 0 Å². The summed E-state index contributed by atoms with van der Waals surface area (Å²) in [4.78, 5) is 2.32. The van der Waals surface area contributed by atoms with Gasteiger partial charge in [-0.15, -0.1) is 0 Å². The second-order valence-electron chi connectivity index (χ2n) is 5.14. The fourth-order valence-corrected chi connectivity index (χ4v) is 3.61. The summed E-state index contributed by atoms with van der Waals surface area (Å²) in [5.41, 5.74) is 0. The van der Waals surface area contributed by atoms with Crippen molar-refractivity contribution in [1.82, 2.24) is 14.5 Å². The average molecular weight is 261 g/mol. The molecule has 1 N–H and O–H groups in total. The van der Waals surface area contributed by atoms with E-state index in [1.165, 1.54) is 4.31 Å². The number of piperazine rings is 1. The summed E-state index contributed by atoms with van der Waals surface area (Å²) in [6.45, 7) is 5.54. The van der Waals surface area contributed by atoms with Crippen LogP contribution in [-0.4, -0.2) is 69.7 Å². The molecule has 2 fully saturated rings. The van der Waals surface area contributed by atoms with Crippen LogP contribution in [0.2, 0.25) is 0 Å². The molecule has 0 bridgehead atoms. The topological polar surface area (TPSA) is 52.6 Å². The van der Waals surface area contributed by atoms with Gasteiger partial charge >= 0.3 is 0 Å². The Balaban J connectivity index is 1.73. The van der Waals surface area contributed by atoms with Gasteiger partial charge in [-0.3, -0.25) is 4.90 Å². The molecule has 5 nitrogen and oxygen atoms in total. The lowest BCUT2D eigenvalue weighted by atomic mass is 10.3. The zero-order chi connectivity index (χ0) is 12.3. The summed E-state index contributed by atoms with van der Waals surface area (Å²) < 4.78 is 25.4. The molecule has 1 aliphatic carbocycles. The Morgan fingerprint density at radius 2 is 1.94 bits per heavy atom. The first-order chi connectivity index (χ1) is 8.08. The van der Waals surface area contributed by atoms with Crippen LogP contribution >= 0.6 is 0 Å². The van der Waals surface area contributed by atoms with Crippen LogP contribution in [-0.2, 0) is 10.0 Å². The maximum absolute atomic E-state index is 11.9. The van der Waals surface area contributed by atoms with Crippen LogP contribution < -0.4 is 5.32 Å². The first-order valence-corrected chi connectivity index (χ1v) is 8.06. The molecule has 0 atom stereocenters. The van der Waals surface area contributed by atoms with Crippen molar-refractivity contribution in [3.8, 4) is 0 Å². The zero-order valence-electron chi connectivity index (χ0n) is 10.6. The standard InChI is InChI=1S/C11H23N3O2S/c1-13(17(15,16)10-11-2-3-11)8-9-14-6-4-12-5-7-14/h11-12H,2-10H2,1H3. The zero-order valence-corrected chi connectivity index (χ0v) is 11.4. The highest BCUT2D eigenvalue weighted by atomic mass is 32.2. The van der Waals surface area contributed by atoms with E-state index in [9.17, 15) is 8.42 Å². The Labute approximate surface area is 104 Å². The summed E-state index contributed by atoms with van der Waals surface area (Å²) in [7, 11) is -1.30. The highest BCUT2D eigenvalue weighted by molar-refractivity contribution is 7.89. The number of rotatable bonds is 6. The maximum Gasteiger partial charge on any atom is 0.214 e. The first-order valence-electron chi connectivity index (χ1n) is 6.45. The molecule has 2 aliphatic rings. The fraction of sp³-hybridized carbons (Fsp3) is 1.00. The summed E-state index contributed by atoms with van der Waals surface area (Å²) >= 11 is 0. The molecule has 0 radical (unpaired) electrons. The van der Waals surface area contributed by atoms with Gasteiger partial charge in [0.25, 0.3) is 0 Å². The minimum absolute atomic E-state index is 0.352. The van der Waals surface area contributed by atoms with Gasteiger partial charge in [-0.25, -0.2) is 12.7 Å². The molecular formula is C11H23N3O2S. The molecule has 17 heavy (non-hydrogen) atoms. The lowest BCUT2D eigenvalue weighted by Gasteiger charge is -2.28. The molecule has 0 unspecified atom stereocenters. The molecule has 0 spiro atoms.